The minimum absolute atomic E-state index is 0.103. The van der Waals surface area contributed by atoms with Crippen molar-refractivity contribution >= 4 is 26.7 Å². The van der Waals surface area contributed by atoms with E-state index in [0.29, 0.717) is 5.13 Å². The van der Waals surface area contributed by atoms with Gasteiger partial charge in [-0.15, -0.1) is 0 Å². The van der Waals surface area contributed by atoms with E-state index in [1.807, 2.05) is 0 Å². The lowest BCUT2D eigenvalue weighted by Gasteiger charge is -2.16. The quantitative estimate of drug-likeness (QED) is 0.730. The summed E-state index contributed by atoms with van der Waals surface area (Å²) >= 11 is 1.52. The van der Waals surface area contributed by atoms with E-state index >= 15 is 0 Å². The fraction of sp³-hybridized carbons (Fsp3) is 0.235. The second-order valence-electron chi connectivity index (χ2n) is 6.10. The van der Waals surface area contributed by atoms with Crippen molar-refractivity contribution in [1.82, 2.24) is 4.98 Å². The van der Waals surface area contributed by atoms with Crippen molar-refractivity contribution < 1.29 is 4.74 Å². The largest absolute Gasteiger partial charge is 0.487 e. The predicted octanol–water partition coefficient (Wildman–Crippen LogP) is 4.26. The van der Waals surface area contributed by atoms with Crippen molar-refractivity contribution in [1.29, 1.82) is 0 Å². The number of hydrogen-bond donors (Lipinski definition) is 1. The van der Waals surface area contributed by atoms with E-state index < -0.39 is 0 Å². The van der Waals surface area contributed by atoms with Crippen molar-refractivity contribution in [2.45, 2.75) is 25.9 Å². The van der Waals surface area contributed by atoms with Crippen LogP contribution in [0.1, 0.15) is 19.4 Å². The molecular formula is C17H16N2OS. The number of benzene rings is 2. The summed E-state index contributed by atoms with van der Waals surface area (Å²) in [4.78, 5) is 4.36. The fourth-order valence-corrected chi connectivity index (χ4v) is 3.61. The van der Waals surface area contributed by atoms with Crippen LogP contribution in [0.2, 0.25) is 0 Å². The maximum Gasteiger partial charge on any atom is 0.181 e. The van der Waals surface area contributed by atoms with E-state index in [1.165, 1.54) is 16.9 Å². The maximum atomic E-state index is 6.01. The van der Waals surface area contributed by atoms with Crippen LogP contribution in [0.3, 0.4) is 0 Å². The number of nitrogens with zero attached hydrogens (tertiary/aromatic N) is 1. The van der Waals surface area contributed by atoms with E-state index in [1.54, 1.807) is 0 Å². The van der Waals surface area contributed by atoms with E-state index in [0.717, 1.165) is 33.5 Å². The van der Waals surface area contributed by atoms with E-state index in [2.05, 4.69) is 55.2 Å². The van der Waals surface area contributed by atoms with Crippen LogP contribution in [0.5, 0.6) is 5.75 Å². The van der Waals surface area contributed by atoms with Crippen molar-refractivity contribution in [2.75, 3.05) is 5.73 Å². The highest BCUT2D eigenvalue weighted by molar-refractivity contribution is 7.22. The zero-order chi connectivity index (χ0) is 14.6. The van der Waals surface area contributed by atoms with Crippen LogP contribution in [0.4, 0.5) is 5.13 Å². The molecule has 0 amide bonds. The molecule has 3 aromatic rings. The molecule has 0 saturated heterocycles. The second kappa shape index (κ2) is 4.21. The number of thiazole rings is 1. The molecule has 1 aliphatic rings. The van der Waals surface area contributed by atoms with E-state index in [-0.39, 0.29) is 5.60 Å². The molecular weight excluding hydrogens is 280 g/mol. The lowest BCUT2D eigenvalue weighted by Crippen LogP contribution is -2.24. The first-order valence-electron chi connectivity index (χ1n) is 6.99. The summed E-state index contributed by atoms with van der Waals surface area (Å²) in [6.07, 6.45) is 0.963. The number of rotatable bonds is 1. The third-order valence-corrected chi connectivity index (χ3v) is 4.67. The maximum absolute atomic E-state index is 6.01. The SMILES string of the molecule is CC1(C)Cc2ccc(-c3ccc4sc(N)nc4c3)cc2O1. The normalized spacial score (nSPS) is 15.9. The molecule has 1 aliphatic heterocycles. The molecule has 2 N–H and O–H groups in total. The average molecular weight is 296 g/mol. The highest BCUT2D eigenvalue weighted by atomic mass is 32.1. The van der Waals surface area contributed by atoms with Crippen LogP contribution in [0.25, 0.3) is 21.3 Å². The molecule has 21 heavy (non-hydrogen) atoms. The highest BCUT2D eigenvalue weighted by Gasteiger charge is 2.29. The third-order valence-electron chi connectivity index (χ3n) is 3.81. The molecule has 3 nitrogen and oxygen atoms in total. The Labute approximate surface area is 127 Å². The number of nitrogens with two attached hydrogens (primary N) is 1. The summed E-state index contributed by atoms with van der Waals surface area (Å²) in [5.74, 6) is 0.996. The monoisotopic (exact) mass is 296 g/mol. The Morgan fingerprint density at radius 1 is 1.14 bits per heavy atom. The van der Waals surface area contributed by atoms with Gasteiger partial charge in [0.25, 0.3) is 0 Å². The topological polar surface area (TPSA) is 48.1 Å². The van der Waals surface area contributed by atoms with Crippen molar-refractivity contribution in [3.8, 4) is 16.9 Å². The molecule has 106 valence electrons. The Bertz CT molecular complexity index is 851. The van der Waals surface area contributed by atoms with Gasteiger partial charge in [-0.1, -0.05) is 29.5 Å². The Morgan fingerprint density at radius 2 is 1.90 bits per heavy atom. The van der Waals surface area contributed by atoms with Gasteiger partial charge in [-0.05, 0) is 48.7 Å². The first-order chi connectivity index (χ1) is 10.00. The molecule has 2 aromatic carbocycles. The van der Waals surface area contributed by atoms with Crippen LogP contribution >= 0.6 is 11.3 Å². The van der Waals surface area contributed by atoms with E-state index in [4.69, 9.17) is 10.5 Å². The molecule has 0 unspecified atom stereocenters. The number of anilines is 1. The number of fused-ring (bicyclic) bond motifs is 2. The molecule has 0 fully saturated rings. The van der Waals surface area contributed by atoms with Crippen LogP contribution in [0, 0.1) is 0 Å². The number of aromatic nitrogens is 1. The average Bonchev–Trinajstić information content (AvgIpc) is 2.93. The molecule has 0 spiro atoms. The molecule has 0 saturated carbocycles. The summed E-state index contributed by atoms with van der Waals surface area (Å²) in [7, 11) is 0. The van der Waals surface area contributed by atoms with Gasteiger partial charge >= 0.3 is 0 Å². The number of hydrogen-bond acceptors (Lipinski definition) is 4. The summed E-state index contributed by atoms with van der Waals surface area (Å²) in [6, 6.07) is 12.7. The van der Waals surface area contributed by atoms with Gasteiger partial charge in [0, 0.05) is 6.42 Å². The smallest absolute Gasteiger partial charge is 0.181 e. The summed E-state index contributed by atoms with van der Waals surface area (Å²) in [5, 5.41) is 0.612. The van der Waals surface area contributed by atoms with Crippen molar-refractivity contribution in [3.05, 3.63) is 42.0 Å². The summed E-state index contributed by atoms with van der Waals surface area (Å²) < 4.78 is 7.13. The molecule has 0 atom stereocenters. The van der Waals surface area contributed by atoms with Crippen LogP contribution in [-0.4, -0.2) is 10.6 Å². The molecule has 2 heterocycles. The number of nitrogen functional groups attached to an aromatic ring is 1. The predicted molar refractivity (Wildman–Crippen MR) is 87.9 cm³/mol. The van der Waals surface area contributed by atoms with Gasteiger partial charge in [-0.2, -0.15) is 0 Å². The summed E-state index contributed by atoms with van der Waals surface area (Å²) in [6.45, 7) is 4.24. The van der Waals surface area contributed by atoms with Crippen molar-refractivity contribution in [3.63, 3.8) is 0 Å². The van der Waals surface area contributed by atoms with Crippen molar-refractivity contribution in [2.24, 2.45) is 0 Å². The number of ether oxygens (including phenoxy) is 1. The van der Waals surface area contributed by atoms with Gasteiger partial charge in [0.15, 0.2) is 5.13 Å². The molecule has 0 aliphatic carbocycles. The first-order valence-corrected chi connectivity index (χ1v) is 7.80. The molecule has 1 aromatic heterocycles. The van der Waals surface area contributed by atoms with Gasteiger partial charge in [0.1, 0.15) is 11.4 Å². The van der Waals surface area contributed by atoms with Gasteiger partial charge in [0.05, 0.1) is 10.2 Å². The minimum Gasteiger partial charge on any atom is -0.487 e. The highest BCUT2D eigenvalue weighted by Crippen LogP contribution is 2.38. The van der Waals surface area contributed by atoms with Gasteiger partial charge < -0.3 is 10.5 Å². The zero-order valence-corrected chi connectivity index (χ0v) is 12.8. The Balaban J connectivity index is 1.79. The standard InChI is InChI=1S/C17H16N2OS/c1-17(2)9-12-4-3-11(8-14(12)20-17)10-5-6-15-13(7-10)19-16(18)21-15/h3-8H,9H2,1-2H3,(H2,18,19). The van der Waals surface area contributed by atoms with E-state index in [9.17, 15) is 0 Å². The molecule has 0 radical (unpaired) electrons. The van der Waals surface area contributed by atoms with Crippen LogP contribution < -0.4 is 10.5 Å². The zero-order valence-electron chi connectivity index (χ0n) is 12.0. The third kappa shape index (κ3) is 2.16. The second-order valence-corrected chi connectivity index (χ2v) is 7.16. The lowest BCUT2D eigenvalue weighted by molar-refractivity contribution is 0.138. The summed E-state index contributed by atoms with van der Waals surface area (Å²) in [5.41, 5.74) is 10.2. The van der Waals surface area contributed by atoms with Crippen LogP contribution in [-0.2, 0) is 6.42 Å². The minimum atomic E-state index is -0.103. The Morgan fingerprint density at radius 3 is 2.76 bits per heavy atom. The van der Waals surface area contributed by atoms with Gasteiger partial charge in [0.2, 0.25) is 0 Å². The van der Waals surface area contributed by atoms with Gasteiger partial charge in [-0.3, -0.25) is 0 Å². The first kappa shape index (κ1) is 12.7. The Kier molecular flexibility index (Phi) is 2.54. The van der Waals surface area contributed by atoms with Crippen LogP contribution in [0.15, 0.2) is 36.4 Å². The molecule has 4 rings (SSSR count). The Hall–Kier alpha value is -2.07. The fourth-order valence-electron chi connectivity index (χ4n) is 2.89. The molecule has 4 heteroatoms. The van der Waals surface area contributed by atoms with Gasteiger partial charge in [-0.25, -0.2) is 4.98 Å². The lowest BCUT2D eigenvalue weighted by atomic mass is 9.99. The molecule has 0 bridgehead atoms.